The number of methoxy groups -OCH3 is 1. The van der Waals surface area contributed by atoms with Crippen LogP contribution >= 0.6 is 0 Å². The first kappa shape index (κ1) is 16.2. The van der Waals surface area contributed by atoms with Gasteiger partial charge in [0.25, 0.3) is 10.2 Å². The van der Waals surface area contributed by atoms with Crippen LogP contribution in [0.1, 0.15) is 32.1 Å². The second-order valence-electron chi connectivity index (χ2n) is 5.89. The second-order valence-corrected chi connectivity index (χ2v) is 7.59. The standard InChI is InChI=1S/C13H27N3O3S/c1-14-10-11-5-7-16(8-6-11)20(17,18)15-12-3-4-13(9-12)19-2/h11-15H,3-10H2,1-2H3. The lowest BCUT2D eigenvalue weighted by atomic mass is 9.98. The summed E-state index contributed by atoms with van der Waals surface area (Å²) < 4.78 is 34.4. The number of hydrogen-bond acceptors (Lipinski definition) is 4. The topological polar surface area (TPSA) is 70.7 Å². The van der Waals surface area contributed by atoms with Crippen LogP contribution in [0.15, 0.2) is 0 Å². The Labute approximate surface area is 122 Å². The third-order valence-electron chi connectivity index (χ3n) is 4.44. The van der Waals surface area contributed by atoms with Crippen molar-refractivity contribution >= 4 is 10.2 Å². The SMILES string of the molecule is CNCC1CCN(S(=O)(=O)NC2CCC(OC)C2)CC1. The molecule has 0 amide bonds. The van der Waals surface area contributed by atoms with Gasteiger partial charge in [-0.05, 0) is 51.6 Å². The molecule has 1 aliphatic heterocycles. The molecule has 7 heteroatoms. The number of piperidine rings is 1. The van der Waals surface area contributed by atoms with Crippen molar-refractivity contribution in [1.82, 2.24) is 14.3 Å². The van der Waals surface area contributed by atoms with E-state index < -0.39 is 10.2 Å². The van der Waals surface area contributed by atoms with E-state index >= 15 is 0 Å². The highest BCUT2D eigenvalue weighted by Gasteiger charge is 2.32. The van der Waals surface area contributed by atoms with Crippen molar-refractivity contribution < 1.29 is 13.2 Å². The van der Waals surface area contributed by atoms with Crippen molar-refractivity contribution in [3.05, 3.63) is 0 Å². The molecule has 2 aliphatic rings. The first-order valence-corrected chi connectivity index (χ1v) is 8.94. The average Bonchev–Trinajstić information content (AvgIpc) is 2.87. The molecule has 2 unspecified atom stereocenters. The zero-order valence-electron chi connectivity index (χ0n) is 12.5. The molecule has 118 valence electrons. The summed E-state index contributed by atoms with van der Waals surface area (Å²) in [6.45, 7) is 2.23. The first-order chi connectivity index (χ1) is 9.55. The van der Waals surface area contributed by atoms with Crippen LogP contribution < -0.4 is 10.0 Å². The van der Waals surface area contributed by atoms with E-state index in [2.05, 4.69) is 10.0 Å². The van der Waals surface area contributed by atoms with E-state index in [-0.39, 0.29) is 12.1 Å². The maximum atomic E-state index is 12.4. The summed E-state index contributed by atoms with van der Waals surface area (Å²) in [5, 5.41) is 3.16. The molecule has 1 heterocycles. The van der Waals surface area contributed by atoms with Gasteiger partial charge in [0.2, 0.25) is 0 Å². The summed E-state index contributed by atoms with van der Waals surface area (Å²) in [7, 11) is 0.301. The smallest absolute Gasteiger partial charge is 0.279 e. The van der Waals surface area contributed by atoms with Crippen molar-refractivity contribution in [2.24, 2.45) is 5.92 Å². The van der Waals surface area contributed by atoms with E-state index in [1.165, 1.54) is 0 Å². The highest BCUT2D eigenvalue weighted by atomic mass is 32.2. The van der Waals surface area contributed by atoms with Crippen LogP contribution in [0.2, 0.25) is 0 Å². The van der Waals surface area contributed by atoms with Gasteiger partial charge in [0, 0.05) is 26.2 Å². The third kappa shape index (κ3) is 4.14. The van der Waals surface area contributed by atoms with Crippen LogP contribution in [-0.4, -0.2) is 58.7 Å². The van der Waals surface area contributed by atoms with Gasteiger partial charge in [-0.2, -0.15) is 17.4 Å². The molecule has 0 aromatic heterocycles. The maximum absolute atomic E-state index is 12.4. The summed E-state index contributed by atoms with van der Waals surface area (Å²) in [6.07, 6.45) is 4.66. The van der Waals surface area contributed by atoms with Crippen LogP contribution in [0.25, 0.3) is 0 Å². The summed E-state index contributed by atoms with van der Waals surface area (Å²) in [5.74, 6) is 0.593. The lowest BCUT2D eigenvalue weighted by Gasteiger charge is -2.32. The monoisotopic (exact) mass is 305 g/mol. The second kappa shape index (κ2) is 7.17. The minimum Gasteiger partial charge on any atom is -0.381 e. The minimum atomic E-state index is -3.33. The fourth-order valence-corrected chi connectivity index (χ4v) is 4.66. The molecule has 2 rings (SSSR count). The van der Waals surface area contributed by atoms with E-state index in [0.29, 0.717) is 19.0 Å². The normalized spacial score (nSPS) is 29.9. The summed E-state index contributed by atoms with van der Waals surface area (Å²) >= 11 is 0. The molecule has 6 nitrogen and oxygen atoms in total. The molecule has 0 aromatic rings. The van der Waals surface area contributed by atoms with Crippen LogP contribution in [0.4, 0.5) is 0 Å². The fourth-order valence-electron chi connectivity index (χ4n) is 3.19. The van der Waals surface area contributed by atoms with Crippen molar-refractivity contribution in [2.45, 2.75) is 44.2 Å². The zero-order chi connectivity index (χ0) is 14.6. The fraction of sp³-hybridized carbons (Fsp3) is 1.00. The highest BCUT2D eigenvalue weighted by Crippen LogP contribution is 2.24. The molecule has 0 aromatic carbocycles. The van der Waals surface area contributed by atoms with Gasteiger partial charge in [-0.1, -0.05) is 0 Å². The van der Waals surface area contributed by atoms with Crippen molar-refractivity contribution in [1.29, 1.82) is 0 Å². The Bertz CT molecular complexity index is 394. The van der Waals surface area contributed by atoms with Gasteiger partial charge in [0.1, 0.15) is 0 Å². The molecular weight excluding hydrogens is 278 g/mol. The molecule has 0 spiro atoms. The molecule has 20 heavy (non-hydrogen) atoms. The lowest BCUT2D eigenvalue weighted by Crippen LogP contribution is -2.48. The molecule has 1 saturated carbocycles. The number of rotatable bonds is 6. The number of hydrogen-bond donors (Lipinski definition) is 2. The van der Waals surface area contributed by atoms with Gasteiger partial charge in [-0.25, -0.2) is 0 Å². The van der Waals surface area contributed by atoms with Gasteiger partial charge in [0.15, 0.2) is 0 Å². The van der Waals surface area contributed by atoms with Crippen LogP contribution in [0, 0.1) is 5.92 Å². The summed E-state index contributed by atoms with van der Waals surface area (Å²) in [6, 6.07) is 0.0278. The lowest BCUT2D eigenvalue weighted by molar-refractivity contribution is 0.107. The first-order valence-electron chi connectivity index (χ1n) is 7.50. The van der Waals surface area contributed by atoms with Gasteiger partial charge in [-0.3, -0.25) is 0 Å². The molecule has 2 N–H and O–H groups in total. The van der Waals surface area contributed by atoms with Gasteiger partial charge in [-0.15, -0.1) is 0 Å². The number of nitrogens with zero attached hydrogens (tertiary/aromatic N) is 1. The molecule has 0 radical (unpaired) electrons. The Kier molecular flexibility index (Phi) is 5.80. The van der Waals surface area contributed by atoms with Crippen LogP contribution in [0.3, 0.4) is 0 Å². The Morgan fingerprint density at radius 2 is 1.90 bits per heavy atom. The Hall–Kier alpha value is -0.210. The Morgan fingerprint density at radius 1 is 1.20 bits per heavy atom. The van der Waals surface area contributed by atoms with Gasteiger partial charge in [0.05, 0.1) is 6.10 Å². The van der Waals surface area contributed by atoms with E-state index in [1.807, 2.05) is 7.05 Å². The van der Waals surface area contributed by atoms with Crippen LogP contribution in [-0.2, 0) is 14.9 Å². The molecule has 2 fully saturated rings. The number of nitrogens with one attached hydrogen (secondary N) is 2. The zero-order valence-corrected chi connectivity index (χ0v) is 13.3. The van der Waals surface area contributed by atoms with Crippen LogP contribution in [0.5, 0.6) is 0 Å². The molecule has 1 saturated heterocycles. The summed E-state index contributed by atoms with van der Waals surface area (Å²) in [5.41, 5.74) is 0. The van der Waals surface area contributed by atoms with Crippen molar-refractivity contribution in [3.8, 4) is 0 Å². The van der Waals surface area contributed by atoms with Gasteiger partial charge >= 0.3 is 0 Å². The van der Waals surface area contributed by atoms with E-state index in [4.69, 9.17) is 4.74 Å². The highest BCUT2D eigenvalue weighted by molar-refractivity contribution is 7.87. The molecule has 0 bridgehead atoms. The maximum Gasteiger partial charge on any atom is 0.279 e. The Morgan fingerprint density at radius 3 is 2.45 bits per heavy atom. The van der Waals surface area contributed by atoms with E-state index in [9.17, 15) is 8.42 Å². The predicted octanol–water partition coefficient (Wildman–Crippen LogP) is 0.320. The average molecular weight is 305 g/mol. The van der Waals surface area contributed by atoms with E-state index in [0.717, 1.165) is 38.6 Å². The summed E-state index contributed by atoms with van der Waals surface area (Å²) in [4.78, 5) is 0. The Balaban J connectivity index is 1.82. The predicted molar refractivity (Wildman–Crippen MR) is 78.7 cm³/mol. The molecular formula is C13H27N3O3S. The quantitative estimate of drug-likeness (QED) is 0.741. The van der Waals surface area contributed by atoms with E-state index in [1.54, 1.807) is 11.4 Å². The third-order valence-corrected chi connectivity index (χ3v) is 6.12. The van der Waals surface area contributed by atoms with Crippen molar-refractivity contribution in [2.75, 3.05) is 33.8 Å². The molecule has 2 atom stereocenters. The number of ether oxygens (including phenoxy) is 1. The van der Waals surface area contributed by atoms with Gasteiger partial charge < -0.3 is 10.1 Å². The minimum absolute atomic E-state index is 0.0278. The van der Waals surface area contributed by atoms with Crippen molar-refractivity contribution in [3.63, 3.8) is 0 Å². The molecule has 1 aliphatic carbocycles. The largest absolute Gasteiger partial charge is 0.381 e.